The number of rotatable bonds is 5. The molecule has 1 nitrogen and oxygen atoms in total. The number of likely N-dealkylation sites (tertiary alicyclic amines) is 1. The second-order valence-corrected chi connectivity index (χ2v) is 10.4. The van der Waals surface area contributed by atoms with Gasteiger partial charge in [0.25, 0.3) is 0 Å². The molecule has 2 aromatic rings. The van der Waals surface area contributed by atoms with E-state index in [2.05, 4.69) is 87.4 Å². The van der Waals surface area contributed by atoms with Crippen LogP contribution in [-0.4, -0.2) is 23.7 Å². The van der Waals surface area contributed by atoms with Crippen LogP contribution in [0.25, 0.3) is 5.57 Å². The Labute approximate surface area is 209 Å². The van der Waals surface area contributed by atoms with Gasteiger partial charge < -0.3 is 0 Å². The summed E-state index contributed by atoms with van der Waals surface area (Å²) in [5, 5.41) is 0. The van der Waals surface area contributed by atoms with E-state index in [1.807, 2.05) is 25.6 Å². The quantitative estimate of drug-likeness (QED) is 0.405. The highest BCUT2D eigenvalue weighted by Crippen LogP contribution is 2.30. The van der Waals surface area contributed by atoms with Crippen molar-refractivity contribution in [1.82, 2.24) is 4.90 Å². The second-order valence-electron chi connectivity index (χ2n) is 9.51. The van der Waals surface area contributed by atoms with Gasteiger partial charge in [0.15, 0.2) is 0 Å². The molecule has 2 aromatic carbocycles. The molecule has 0 aromatic heterocycles. The largest absolute Gasteiger partial charge is 0.296 e. The average molecular weight is 466 g/mol. The average Bonchev–Trinajstić information content (AvgIpc) is 3.17. The Morgan fingerprint density at radius 1 is 1.00 bits per heavy atom. The first kappa shape index (κ1) is 27.7. The van der Waals surface area contributed by atoms with Gasteiger partial charge in [-0.1, -0.05) is 64.1 Å². The number of aryl methyl sites for hydroxylation is 2. The summed E-state index contributed by atoms with van der Waals surface area (Å²) in [4.78, 5) is 4.00. The van der Waals surface area contributed by atoms with Crippen LogP contribution in [0.1, 0.15) is 89.0 Å². The minimum absolute atomic E-state index is 0.750. The predicted octanol–water partition coefficient (Wildman–Crippen LogP) is 9.18. The molecule has 0 amide bonds. The van der Waals surface area contributed by atoms with E-state index in [1.54, 1.807) is 5.57 Å². The van der Waals surface area contributed by atoms with Crippen LogP contribution in [0.3, 0.4) is 0 Å². The van der Waals surface area contributed by atoms with E-state index in [0.29, 0.717) is 0 Å². The number of allylic oxidation sites excluding steroid dienone is 2. The maximum Gasteiger partial charge on any atom is 0.0236 e. The van der Waals surface area contributed by atoms with Gasteiger partial charge >= 0.3 is 0 Å². The molecule has 2 unspecified atom stereocenters. The third-order valence-electron chi connectivity index (χ3n) is 6.65. The van der Waals surface area contributed by atoms with E-state index in [-0.39, 0.29) is 0 Å². The fraction of sp³-hybridized carbons (Fsp3) is 0.548. The van der Waals surface area contributed by atoms with Crippen molar-refractivity contribution >= 4 is 17.3 Å². The van der Waals surface area contributed by atoms with Gasteiger partial charge in [-0.15, -0.1) is 11.8 Å². The first-order valence-electron chi connectivity index (χ1n) is 13.2. The molecule has 182 valence electrons. The highest BCUT2D eigenvalue weighted by atomic mass is 32.2. The Hall–Kier alpha value is -1.51. The van der Waals surface area contributed by atoms with Gasteiger partial charge in [-0.05, 0) is 105 Å². The number of benzene rings is 2. The molecule has 1 heterocycles. The maximum atomic E-state index is 2.61. The zero-order valence-corrected chi connectivity index (χ0v) is 23.1. The van der Waals surface area contributed by atoms with Gasteiger partial charge in [0, 0.05) is 24.0 Å². The minimum atomic E-state index is 0.750. The van der Waals surface area contributed by atoms with Crippen molar-refractivity contribution in [3.8, 4) is 0 Å². The minimum Gasteiger partial charge on any atom is -0.296 e. The fourth-order valence-corrected chi connectivity index (χ4v) is 5.49. The Kier molecular flexibility index (Phi) is 12.3. The van der Waals surface area contributed by atoms with Crippen molar-refractivity contribution in [3.63, 3.8) is 0 Å². The lowest BCUT2D eigenvalue weighted by atomic mass is 9.93. The SMILES string of the molecule is CC.CCc1cccc(CN2CC(C)CC2C)c1.CSc1cc(C)cc(C2=CCCCC2)c1. The molecule has 4 rings (SSSR count). The lowest BCUT2D eigenvalue weighted by Gasteiger charge is -2.21. The summed E-state index contributed by atoms with van der Waals surface area (Å²) >= 11 is 1.83. The molecule has 2 heteroatoms. The summed E-state index contributed by atoms with van der Waals surface area (Å²) in [5.74, 6) is 0.865. The van der Waals surface area contributed by atoms with Crippen molar-refractivity contribution in [2.24, 2.45) is 5.92 Å². The van der Waals surface area contributed by atoms with Crippen LogP contribution in [0.2, 0.25) is 0 Å². The van der Waals surface area contributed by atoms with Crippen molar-refractivity contribution in [2.75, 3.05) is 12.8 Å². The molecule has 1 aliphatic carbocycles. The molecule has 0 N–H and O–H groups in total. The summed E-state index contributed by atoms with van der Waals surface area (Å²) in [5.41, 5.74) is 7.31. The van der Waals surface area contributed by atoms with E-state index >= 15 is 0 Å². The van der Waals surface area contributed by atoms with Crippen LogP contribution in [0.5, 0.6) is 0 Å². The molecule has 0 radical (unpaired) electrons. The van der Waals surface area contributed by atoms with Gasteiger partial charge in [0.2, 0.25) is 0 Å². The summed E-state index contributed by atoms with van der Waals surface area (Å²) in [6, 6.07) is 16.7. The van der Waals surface area contributed by atoms with E-state index in [1.165, 1.54) is 65.8 Å². The third kappa shape index (κ3) is 8.98. The van der Waals surface area contributed by atoms with Crippen LogP contribution in [-0.2, 0) is 13.0 Å². The normalized spacial score (nSPS) is 20.3. The molecule has 2 aliphatic rings. The molecule has 0 bridgehead atoms. The summed E-state index contributed by atoms with van der Waals surface area (Å²) in [6.45, 7) is 15.5. The number of hydrogen-bond donors (Lipinski definition) is 0. The highest BCUT2D eigenvalue weighted by molar-refractivity contribution is 7.98. The van der Waals surface area contributed by atoms with Crippen molar-refractivity contribution < 1.29 is 0 Å². The van der Waals surface area contributed by atoms with Gasteiger partial charge in [0.1, 0.15) is 0 Å². The van der Waals surface area contributed by atoms with E-state index in [9.17, 15) is 0 Å². The molecule has 33 heavy (non-hydrogen) atoms. The van der Waals surface area contributed by atoms with Crippen LogP contribution in [0, 0.1) is 12.8 Å². The molecule has 2 atom stereocenters. The smallest absolute Gasteiger partial charge is 0.0236 e. The first-order valence-corrected chi connectivity index (χ1v) is 14.4. The lowest BCUT2D eigenvalue weighted by molar-refractivity contribution is 0.256. The van der Waals surface area contributed by atoms with E-state index in [0.717, 1.165) is 24.9 Å². The van der Waals surface area contributed by atoms with E-state index in [4.69, 9.17) is 0 Å². The zero-order valence-electron chi connectivity index (χ0n) is 22.3. The fourth-order valence-electron chi connectivity index (χ4n) is 4.94. The Balaban J connectivity index is 0.000000218. The van der Waals surface area contributed by atoms with Gasteiger partial charge in [-0.2, -0.15) is 0 Å². The summed E-state index contributed by atoms with van der Waals surface area (Å²) in [7, 11) is 0. The Morgan fingerprint density at radius 2 is 1.76 bits per heavy atom. The molecule has 1 fully saturated rings. The predicted molar refractivity (Wildman–Crippen MR) is 150 cm³/mol. The number of nitrogens with zero attached hydrogens (tertiary/aromatic N) is 1. The Bertz CT molecular complexity index is 869. The lowest BCUT2D eigenvalue weighted by Crippen LogP contribution is -2.26. The molecular weight excluding hydrogens is 418 g/mol. The zero-order chi connectivity index (χ0) is 24.2. The van der Waals surface area contributed by atoms with Crippen molar-refractivity contribution in [2.45, 2.75) is 97.5 Å². The molecule has 1 saturated heterocycles. The topological polar surface area (TPSA) is 3.24 Å². The maximum absolute atomic E-state index is 2.61. The molecule has 0 saturated carbocycles. The third-order valence-corrected chi connectivity index (χ3v) is 7.35. The molecule has 0 spiro atoms. The molecule has 1 aliphatic heterocycles. The Morgan fingerprint density at radius 3 is 2.36 bits per heavy atom. The van der Waals surface area contributed by atoms with Crippen LogP contribution < -0.4 is 0 Å². The summed E-state index contributed by atoms with van der Waals surface area (Å²) < 4.78 is 0. The second kappa shape index (κ2) is 14.7. The first-order chi connectivity index (χ1) is 16.0. The van der Waals surface area contributed by atoms with Crippen LogP contribution >= 0.6 is 11.8 Å². The van der Waals surface area contributed by atoms with Crippen molar-refractivity contribution in [1.29, 1.82) is 0 Å². The number of thioether (sulfide) groups is 1. The number of hydrogen-bond acceptors (Lipinski definition) is 2. The highest BCUT2D eigenvalue weighted by Gasteiger charge is 2.25. The standard InChI is InChI=1S/C15H23N.C14H18S.C2H6/c1-4-14-6-5-7-15(9-14)11-16-10-12(2)8-13(16)3;1-11-8-13(10-14(9-11)15-2)12-6-4-3-5-7-12;1-2/h5-7,9,12-13H,4,8,10-11H2,1-3H3;6,8-10H,3-5,7H2,1-2H3;1-2H3. The van der Waals surface area contributed by atoms with Gasteiger partial charge in [-0.3, -0.25) is 4.90 Å². The van der Waals surface area contributed by atoms with Crippen LogP contribution in [0.15, 0.2) is 53.4 Å². The van der Waals surface area contributed by atoms with Gasteiger partial charge in [-0.25, -0.2) is 0 Å². The van der Waals surface area contributed by atoms with Crippen LogP contribution in [0.4, 0.5) is 0 Å². The van der Waals surface area contributed by atoms with Crippen molar-refractivity contribution in [3.05, 3.63) is 70.8 Å². The monoisotopic (exact) mass is 465 g/mol. The summed E-state index contributed by atoms with van der Waals surface area (Å²) in [6.07, 6.45) is 12.3. The van der Waals surface area contributed by atoms with E-state index < -0.39 is 0 Å². The van der Waals surface area contributed by atoms with Gasteiger partial charge in [0.05, 0.1) is 0 Å². The molecular formula is C31H47NS.